The van der Waals surface area contributed by atoms with E-state index in [2.05, 4.69) is 45.0 Å². The van der Waals surface area contributed by atoms with Crippen LogP contribution in [0, 0.1) is 5.82 Å². The van der Waals surface area contributed by atoms with Crippen LogP contribution in [-0.4, -0.2) is 19.6 Å². The van der Waals surface area contributed by atoms with E-state index in [0.717, 1.165) is 30.6 Å². The molecule has 0 saturated heterocycles. The molecule has 19 heavy (non-hydrogen) atoms. The Morgan fingerprint density at radius 2 is 1.95 bits per heavy atom. The molecule has 0 fully saturated rings. The maximum absolute atomic E-state index is 13.5. The number of benzene rings is 1. The summed E-state index contributed by atoms with van der Waals surface area (Å²) < 4.78 is 13.5. The molecule has 1 rings (SSSR count). The minimum atomic E-state index is -0.167. The molecule has 0 saturated carbocycles. The van der Waals surface area contributed by atoms with Gasteiger partial charge in [0.2, 0.25) is 0 Å². The third-order valence-electron chi connectivity index (χ3n) is 3.71. The highest BCUT2D eigenvalue weighted by Gasteiger charge is 2.17. The van der Waals surface area contributed by atoms with Gasteiger partial charge in [-0.3, -0.25) is 0 Å². The van der Waals surface area contributed by atoms with Crippen LogP contribution in [0.4, 0.5) is 10.1 Å². The number of nitrogens with zero attached hydrogens (tertiary/aromatic N) is 1. The number of rotatable bonds is 7. The number of anilines is 1. The monoisotopic (exact) mass is 266 g/mol. The average Bonchev–Trinajstić information content (AvgIpc) is 2.38. The van der Waals surface area contributed by atoms with Crippen molar-refractivity contribution >= 4 is 5.69 Å². The molecule has 0 aliphatic rings. The zero-order chi connectivity index (χ0) is 14.4. The first-order valence-electron chi connectivity index (χ1n) is 7.26. The Labute approximate surface area is 117 Å². The summed E-state index contributed by atoms with van der Waals surface area (Å²) in [5.74, 6) is -0.167. The minimum Gasteiger partial charge on any atom is -0.372 e. The molecule has 0 aliphatic heterocycles. The Bertz CT molecular complexity index is 392. The number of hydrogen-bond donors (Lipinski definition) is 1. The lowest BCUT2D eigenvalue weighted by atomic mass is 10.0. The normalized spacial score (nSPS) is 14.2. The van der Waals surface area contributed by atoms with Crippen LogP contribution in [0.5, 0.6) is 0 Å². The summed E-state index contributed by atoms with van der Waals surface area (Å²) in [5, 5.41) is 3.36. The Morgan fingerprint density at radius 1 is 1.26 bits per heavy atom. The standard InChI is InChI=1S/C16H27FN2/c1-6-8-12(3)19(5)16-10-9-14(17)11-15(16)13(4)18-7-2/h9-13,18H,6-8H2,1-5H3. The van der Waals surface area contributed by atoms with E-state index in [9.17, 15) is 4.39 Å². The van der Waals surface area contributed by atoms with Crippen molar-refractivity contribution in [1.29, 1.82) is 0 Å². The van der Waals surface area contributed by atoms with E-state index in [4.69, 9.17) is 0 Å². The molecule has 108 valence electrons. The summed E-state index contributed by atoms with van der Waals surface area (Å²) in [6.45, 7) is 9.44. The molecule has 3 heteroatoms. The van der Waals surface area contributed by atoms with E-state index < -0.39 is 0 Å². The third kappa shape index (κ3) is 4.20. The van der Waals surface area contributed by atoms with Crippen LogP contribution in [-0.2, 0) is 0 Å². The van der Waals surface area contributed by atoms with E-state index in [1.807, 2.05) is 6.07 Å². The van der Waals surface area contributed by atoms with Gasteiger partial charge >= 0.3 is 0 Å². The summed E-state index contributed by atoms with van der Waals surface area (Å²) in [4.78, 5) is 2.26. The molecule has 0 aliphatic carbocycles. The second-order valence-electron chi connectivity index (χ2n) is 5.23. The molecule has 0 aromatic heterocycles. The fourth-order valence-corrected chi connectivity index (χ4v) is 2.46. The van der Waals surface area contributed by atoms with Crippen LogP contribution in [0.3, 0.4) is 0 Å². The van der Waals surface area contributed by atoms with Crippen LogP contribution in [0.2, 0.25) is 0 Å². The molecule has 2 nitrogen and oxygen atoms in total. The van der Waals surface area contributed by atoms with Crippen molar-refractivity contribution in [2.45, 2.75) is 52.6 Å². The fourth-order valence-electron chi connectivity index (χ4n) is 2.46. The Kier molecular flexibility index (Phi) is 6.29. The van der Waals surface area contributed by atoms with Crippen LogP contribution in [0.15, 0.2) is 18.2 Å². The highest BCUT2D eigenvalue weighted by molar-refractivity contribution is 5.55. The molecule has 0 heterocycles. The van der Waals surface area contributed by atoms with Gasteiger partial charge in [0, 0.05) is 24.8 Å². The minimum absolute atomic E-state index is 0.159. The lowest BCUT2D eigenvalue weighted by Gasteiger charge is -2.30. The topological polar surface area (TPSA) is 15.3 Å². The van der Waals surface area contributed by atoms with Crippen molar-refractivity contribution < 1.29 is 4.39 Å². The maximum atomic E-state index is 13.5. The summed E-state index contributed by atoms with van der Waals surface area (Å²) in [6, 6.07) is 5.71. The molecule has 0 bridgehead atoms. The Balaban J connectivity index is 3.05. The van der Waals surface area contributed by atoms with Gasteiger partial charge in [-0.15, -0.1) is 0 Å². The van der Waals surface area contributed by atoms with E-state index in [1.54, 1.807) is 12.1 Å². The molecule has 1 N–H and O–H groups in total. The maximum Gasteiger partial charge on any atom is 0.123 e. The van der Waals surface area contributed by atoms with Crippen molar-refractivity contribution in [2.75, 3.05) is 18.5 Å². The van der Waals surface area contributed by atoms with Crippen LogP contribution < -0.4 is 10.2 Å². The lowest BCUT2D eigenvalue weighted by molar-refractivity contribution is 0.571. The quantitative estimate of drug-likeness (QED) is 0.798. The molecule has 1 aromatic rings. The first-order valence-corrected chi connectivity index (χ1v) is 7.26. The van der Waals surface area contributed by atoms with Crippen LogP contribution in [0.25, 0.3) is 0 Å². The predicted octanol–water partition coefficient (Wildman–Crippen LogP) is 4.12. The fraction of sp³-hybridized carbons (Fsp3) is 0.625. The summed E-state index contributed by atoms with van der Waals surface area (Å²) >= 11 is 0. The van der Waals surface area contributed by atoms with Gasteiger partial charge in [-0.25, -0.2) is 4.39 Å². The molecule has 1 aromatic carbocycles. The van der Waals surface area contributed by atoms with Crippen molar-refractivity contribution in [2.24, 2.45) is 0 Å². The van der Waals surface area contributed by atoms with E-state index in [0.29, 0.717) is 6.04 Å². The lowest BCUT2D eigenvalue weighted by Crippen LogP contribution is -2.31. The molecular formula is C16H27FN2. The number of hydrogen-bond acceptors (Lipinski definition) is 2. The molecule has 0 radical (unpaired) electrons. The Hall–Kier alpha value is -1.09. The van der Waals surface area contributed by atoms with Gasteiger partial charge in [0.1, 0.15) is 5.82 Å². The van der Waals surface area contributed by atoms with Gasteiger partial charge in [-0.2, -0.15) is 0 Å². The van der Waals surface area contributed by atoms with Gasteiger partial charge in [0.15, 0.2) is 0 Å². The smallest absolute Gasteiger partial charge is 0.123 e. The molecule has 2 atom stereocenters. The van der Waals surface area contributed by atoms with Crippen molar-refractivity contribution in [3.8, 4) is 0 Å². The van der Waals surface area contributed by atoms with Crippen molar-refractivity contribution in [1.82, 2.24) is 5.32 Å². The summed E-state index contributed by atoms with van der Waals surface area (Å²) in [5.41, 5.74) is 2.16. The molecular weight excluding hydrogens is 239 g/mol. The molecule has 0 amide bonds. The average molecular weight is 266 g/mol. The Morgan fingerprint density at radius 3 is 2.53 bits per heavy atom. The van der Waals surface area contributed by atoms with Crippen molar-refractivity contribution in [3.63, 3.8) is 0 Å². The van der Waals surface area contributed by atoms with E-state index in [-0.39, 0.29) is 11.9 Å². The first kappa shape index (κ1) is 16.0. The molecule has 0 spiro atoms. The van der Waals surface area contributed by atoms with Gasteiger partial charge < -0.3 is 10.2 Å². The highest BCUT2D eigenvalue weighted by atomic mass is 19.1. The largest absolute Gasteiger partial charge is 0.372 e. The predicted molar refractivity (Wildman–Crippen MR) is 81.3 cm³/mol. The zero-order valence-electron chi connectivity index (χ0n) is 12.8. The summed E-state index contributed by atoms with van der Waals surface area (Å²) in [7, 11) is 2.09. The SMILES string of the molecule is CCCC(C)N(C)c1ccc(F)cc1C(C)NCC. The van der Waals surface area contributed by atoms with Gasteiger partial charge in [-0.1, -0.05) is 20.3 Å². The molecule has 2 unspecified atom stereocenters. The first-order chi connectivity index (χ1) is 9.01. The zero-order valence-corrected chi connectivity index (χ0v) is 12.8. The van der Waals surface area contributed by atoms with E-state index in [1.165, 1.54) is 0 Å². The van der Waals surface area contributed by atoms with Gasteiger partial charge in [0.05, 0.1) is 0 Å². The number of nitrogens with one attached hydrogen (secondary N) is 1. The van der Waals surface area contributed by atoms with Crippen LogP contribution in [0.1, 0.15) is 52.1 Å². The van der Waals surface area contributed by atoms with E-state index >= 15 is 0 Å². The summed E-state index contributed by atoms with van der Waals surface area (Å²) in [6.07, 6.45) is 2.30. The van der Waals surface area contributed by atoms with Crippen molar-refractivity contribution in [3.05, 3.63) is 29.6 Å². The van der Waals surface area contributed by atoms with Gasteiger partial charge in [0.25, 0.3) is 0 Å². The van der Waals surface area contributed by atoms with Crippen LogP contribution >= 0.6 is 0 Å². The highest BCUT2D eigenvalue weighted by Crippen LogP contribution is 2.28. The number of halogens is 1. The second kappa shape index (κ2) is 7.49. The second-order valence-corrected chi connectivity index (χ2v) is 5.23. The third-order valence-corrected chi connectivity index (χ3v) is 3.71. The van der Waals surface area contributed by atoms with Gasteiger partial charge in [-0.05, 0) is 50.6 Å².